The van der Waals surface area contributed by atoms with Gasteiger partial charge in [0.25, 0.3) is 0 Å². The van der Waals surface area contributed by atoms with Gasteiger partial charge in [-0.25, -0.2) is 0 Å². The summed E-state index contributed by atoms with van der Waals surface area (Å²) in [4.78, 5) is 14.2. The molecule has 0 radical (unpaired) electrons. The van der Waals surface area contributed by atoms with Crippen LogP contribution in [0.5, 0.6) is 5.75 Å². The average molecular weight is 306 g/mol. The van der Waals surface area contributed by atoms with Crippen LogP contribution in [0.2, 0.25) is 0 Å². The van der Waals surface area contributed by atoms with Gasteiger partial charge in [-0.2, -0.15) is 0 Å². The Labute approximate surface area is 132 Å². The Hall–Kier alpha value is -1.59. The number of nitrogens with one attached hydrogen (secondary N) is 1. The van der Waals surface area contributed by atoms with Gasteiger partial charge in [0.15, 0.2) is 0 Å². The molecule has 22 heavy (non-hydrogen) atoms. The van der Waals surface area contributed by atoms with Crippen molar-refractivity contribution >= 4 is 5.91 Å². The van der Waals surface area contributed by atoms with Gasteiger partial charge in [-0.3, -0.25) is 9.69 Å². The minimum atomic E-state index is -0.0822. The van der Waals surface area contributed by atoms with Crippen molar-refractivity contribution in [1.82, 2.24) is 10.2 Å². The number of rotatable bonds is 6. The van der Waals surface area contributed by atoms with Crippen molar-refractivity contribution in [1.29, 1.82) is 0 Å². The van der Waals surface area contributed by atoms with E-state index in [1.54, 1.807) is 7.11 Å². The molecular formula is C17H26N2O3. The zero-order chi connectivity index (χ0) is 16.0. The minimum Gasteiger partial charge on any atom is -0.496 e. The highest BCUT2D eigenvalue weighted by Gasteiger charge is 2.30. The van der Waals surface area contributed by atoms with Gasteiger partial charge in [-0.1, -0.05) is 25.1 Å². The van der Waals surface area contributed by atoms with Gasteiger partial charge < -0.3 is 15.2 Å². The quantitative estimate of drug-likeness (QED) is 0.834. The summed E-state index contributed by atoms with van der Waals surface area (Å²) in [5.41, 5.74) is 0.887. The molecule has 1 fully saturated rings. The van der Waals surface area contributed by atoms with E-state index in [1.165, 1.54) is 0 Å². The summed E-state index contributed by atoms with van der Waals surface area (Å²) in [6.45, 7) is 4.78. The summed E-state index contributed by atoms with van der Waals surface area (Å²) in [6.07, 6.45) is 2.04. The molecule has 2 N–H and O–H groups in total. The molecule has 1 heterocycles. The molecule has 1 aliphatic rings. The van der Waals surface area contributed by atoms with Crippen LogP contribution in [0.4, 0.5) is 0 Å². The fourth-order valence-electron chi connectivity index (χ4n) is 2.99. The topological polar surface area (TPSA) is 61.8 Å². The Bertz CT molecular complexity index is 506. The normalized spacial score (nSPS) is 22.3. The highest BCUT2D eigenvalue weighted by Crippen LogP contribution is 2.28. The molecule has 1 amide bonds. The first-order valence-corrected chi connectivity index (χ1v) is 7.78. The first kappa shape index (κ1) is 16.8. The number of piperidine rings is 1. The van der Waals surface area contributed by atoms with Crippen molar-refractivity contribution in [2.45, 2.75) is 26.3 Å². The first-order chi connectivity index (χ1) is 10.6. The maximum atomic E-state index is 12.1. The van der Waals surface area contributed by atoms with E-state index in [1.807, 2.05) is 24.3 Å². The average Bonchev–Trinajstić information content (AvgIpc) is 2.53. The lowest BCUT2D eigenvalue weighted by molar-refractivity contribution is -0.123. The summed E-state index contributed by atoms with van der Waals surface area (Å²) >= 11 is 0. The van der Waals surface area contributed by atoms with E-state index in [0.29, 0.717) is 13.1 Å². The zero-order valence-corrected chi connectivity index (χ0v) is 13.5. The molecule has 2 rings (SSSR count). The summed E-state index contributed by atoms with van der Waals surface area (Å²) in [5.74, 6) is 0.793. The number of ether oxygens (including phenoxy) is 1. The number of carbonyl (C=O) groups excluding carboxylic acids is 1. The maximum Gasteiger partial charge on any atom is 0.234 e. The van der Waals surface area contributed by atoms with Crippen LogP contribution in [0, 0.1) is 5.41 Å². The third-order valence-electron chi connectivity index (χ3n) is 4.28. The molecule has 0 spiro atoms. The van der Waals surface area contributed by atoms with Gasteiger partial charge in [0.05, 0.1) is 13.7 Å². The van der Waals surface area contributed by atoms with Gasteiger partial charge in [0, 0.05) is 30.7 Å². The highest BCUT2D eigenvalue weighted by molar-refractivity contribution is 5.78. The second-order valence-corrected chi connectivity index (χ2v) is 6.37. The minimum absolute atomic E-state index is 0.00750. The van der Waals surface area contributed by atoms with Crippen LogP contribution < -0.4 is 10.1 Å². The van der Waals surface area contributed by atoms with Crippen LogP contribution in [0.3, 0.4) is 0 Å². The number of benzene rings is 1. The van der Waals surface area contributed by atoms with Crippen LogP contribution in [0.1, 0.15) is 25.3 Å². The van der Waals surface area contributed by atoms with Crippen molar-refractivity contribution in [3.8, 4) is 5.75 Å². The lowest BCUT2D eigenvalue weighted by Crippen LogP contribution is -2.47. The Morgan fingerprint density at radius 1 is 1.45 bits per heavy atom. The predicted octanol–water partition coefficient (Wildman–Crippen LogP) is 1.41. The van der Waals surface area contributed by atoms with Crippen molar-refractivity contribution in [3.05, 3.63) is 29.8 Å². The number of likely N-dealkylation sites (tertiary alicyclic amines) is 1. The lowest BCUT2D eigenvalue weighted by atomic mass is 9.83. The molecule has 0 aromatic heterocycles. The number of amides is 1. The first-order valence-electron chi connectivity index (χ1n) is 7.78. The van der Waals surface area contributed by atoms with Gasteiger partial charge >= 0.3 is 0 Å². The molecule has 0 saturated carbocycles. The predicted molar refractivity (Wildman–Crippen MR) is 85.7 cm³/mol. The number of methoxy groups -OCH3 is 1. The van der Waals surface area contributed by atoms with E-state index in [4.69, 9.17) is 4.74 Å². The van der Waals surface area contributed by atoms with Crippen molar-refractivity contribution in [2.75, 3.05) is 33.4 Å². The molecule has 1 atom stereocenters. The SMILES string of the molecule is COc1ccccc1CNC(=O)CN1CCCC(C)(CO)C1. The number of aliphatic hydroxyl groups excluding tert-OH is 1. The number of nitrogens with zero attached hydrogens (tertiary/aromatic N) is 1. The Kier molecular flexibility index (Phi) is 5.80. The molecule has 0 aliphatic carbocycles. The van der Waals surface area contributed by atoms with Crippen LogP contribution in [-0.4, -0.2) is 49.3 Å². The van der Waals surface area contributed by atoms with Gasteiger partial charge in [0.1, 0.15) is 5.75 Å². The molecular weight excluding hydrogens is 280 g/mol. The van der Waals surface area contributed by atoms with Crippen LogP contribution in [0.15, 0.2) is 24.3 Å². The second kappa shape index (κ2) is 7.61. The molecule has 1 unspecified atom stereocenters. The molecule has 0 bridgehead atoms. The summed E-state index contributed by atoms with van der Waals surface area (Å²) in [5, 5.41) is 12.4. The number of hydrogen-bond acceptors (Lipinski definition) is 4. The van der Waals surface area contributed by atoms with E-state index in [9.17, 15) is 9.90 Å². The number of hydrogen-bond donors (Lipinski definition) is 2. The number of para-hydroxylation sites is 1. The van der Waals surface area contributed by atoms with Crippen LogP contribution in [0.25, 0.3) is 0 Å². The summed E-state index contributed by atoms with van der Waals surface area (Å²) < 4.78 is 5.28. The Morgan fingerprint density at radius 2 is 2.23 bits per heavy atom. The van der Waals surface area contributed by atoms with Crippen molar-refractivity contribution in [2.24, 2.45) is 5.41 Å². The van der Waals surface area contributed by atoms with Crippen molar-refractivity contribution in [3.63, 3.8) is 0 Å². The van der Waals surface area contributed by atoms with Crippen LogP contribution in [-0.2, 0) is 11.3 Å². The fourth-order valence-corrected chi connectivity index (χ4v) is 2.99. The number of carbonyl (C=O) groups is 1. The lowest BCUT2D eigenvalue weighted by Gasteiger charge is -2.38. The third-order valence-corrected chi connectivity index (χ3v) is 4.28. The summed E-state index contributed by atoms with van der Waals surface area (Å²) in [7, 11) is 1.63. The zero-order valence-electron chi connectivity index (χ0n) is 13.5. The van der Waals surface area contributed by atoms with E-state index in [0.717, 1.165) is 37.2 Å². The van der Waals surface area contributed by atoms with Crippen LogP contribution >= 0.6 is 0 Å². The van der Waals surface area contributed by atoms with E-state index in [-0.39, 0.29) is 17.9 Å². The van der Waals surface area contributed by atoms with Gasteiger partial charge in [-0.05, 0) is 25.5 Å². The highest BCUT2D eigenvalue weighted by atomic mass is 16.5. The standard InChI is InChI=1S/C17H26N2O3/c1-17(13-20)8-5-9-19(12-17)11-16(21)18-10-14-6-3-4-7-15(14)22-2/h3-4,6-7,20H,5,8-13H2,1-2H3,(H,18,21). The maximum absolute atomic E-state index is 12.1. The second-order valence-electron chi connectivity index (χ2n) is 6.37. The number of aliphatic hydroxyl groups is 1. The van der Waals surface area contributed by atoms with Gasteiger partial charge in [-0.15, -0.1) is 0 Å². The van der Waals surface area contributed by atoms with Gasteiger partial charge in [0.2, 0.25) is 5.91 Å². The molecule has 1 aromatic carbocycles. The Morgan fingerprint density at radius 3 is 2.95 bits per heavy atom. The third kappa shape index (κ3) is 4.45. The Balaban J connectivity index is 1.83. The molecule has 5 heteroatoms. The van der Waals surface area contributed by atoms with Crippen molar-refractivity contribution < 1.29 is 14.6 Å². The fraction of sp³-hybridized carbons (Fsp3) is 0.588. The van der Waals surface area contributed by atoms with E-state index in [2.05, 4.69) is 17.1 Å². The molecule has 1 saturated heterocycles. The van der Waals surface area contributed by atoms with E-state index >= 15 is 0 Å². The van der Waals surface area contributed by atoms with E-state index < -0.39 is 0 Å². The molecule has 1 aliphatic heterocycles. The molecule has 5 nitrogen and oxygen atoms in total. The smallest absolute Gasteiger partial charge is 0.234 e. The molecule has 122 valence electrons. The largest absolute Gasteiger partial charge is 0.496 e. The molecule has 1 aromatic rings. The summed E-state index contributed by atoms with van der Waals surface area (Å²) in [6, 6.07) is 7.68. The monoisotopic (exact) mass is 306 g/mol.